The highest BCUT2D eigenvalue weighted by atomic mass is 16.1. The second-order valence-corrected chi connectivity index (χ2v) is 5.48. The fraction of sp³-hybridized carbons (Fsp3) is 0.588. The Morgan fingerprint density at radius 2 is 1.85 bits per heavy atom. The van der Waals surface area contributed by atoms with Crippen molar-refractivity contribution in [2.75, 3.05) is 20.6 Å². The van der Waals surface area contributed by atoms with Crippen molar-refractivity contribution in [3.63, 3.8) is 0 Å². The molecule has 1 aromatic rings. The molecular weight excluding hydrogens is 248 g/mol. The second-order valence-electron chi connectivity index (χ2n) is 5.48. The van der Waals surface area contributed by atoms with Gasteiger partial charge in [0.2, 0.25) is 5.91 Å². The Balaban J connectivity index is 2.61. The molecule has 0 aromatic heterocycles. The molecule has 0 aliphatic rings. The van der Waals surface area contributed by atoms with Crippen LogP contribution in [-0.4, -0.2) is 31.4 Å². The standard InChI is InChI=1S/C17H28N2O/c1-5-7-8-17(20)18-13-16(19(3)4)15-11-9-14(6-2)10-12-15/h9-12,16H,5-8,13H2,1-4H3,(H,18,20). The normalized spacial score (nSPS) is 12.4. The van der Waals surface area contributed by atoms with Crippen LogP contribution >= 0.6 is 0 Å². The molecule has 1 unspecified atom stereocenters. The summed E-state index contributed by atoms with van der Waals surface area (Å²) in [7, 11) is 4.10. The number of hydrogen-bond acceptors (Lipinski definition) is 2. The summed E-state index contributed by atoms with van der Waals surface area (Å²) in [6, 6.07) is 8.91. The van der Waals surface area contributed by atoms with Gasteiger partial charge in [-0.15, -0.1) is 0 Å². The van der Waals surface area contributed by atoms with E-state index in [-0.39, 0.29) is 11.9 Å². The van der Waals surface area contributed by atoms with Crippen molar-refractivity contribution in [3.05, 3.63) is 35.4 Å². The summed E-state index contributed by atoms with van der Waals surface area (Å²) in [5, 5.41) is 3.05. The number of nitrogens with one attached hydrogen (secondary N) is 1. The van der Waals surface area contributed by atoms with Crippen molar-refractivity contribution in [1.82, 2.24) is 10.2 Å². The van der Waals surface area contributed by atoms with E-state index in [2.05, 4.69) is 62.4 Å². The number of nitrogens with zero attached hydrogens (tertiary/aromatic N) is 1. The van der Waals surface area contributed by atoms with E-state index >= 15 is 0 Å². The number of amides is 1. The van der Waals surface area contributed by atoms with Gasteiger partial charge in [0.15, 0.2) is 0 Å². The molecule has 0 heterocycles. The zero-order chi connectivity index (χ0) is 15.0. The molecule has 0 bridgehead atoms. The third-order valence-corrected chi connectivity index (χ3v) is 3.65. The highest BCUT2D eigenvalue weighted by Crippen LogP contribution is 2.18. The van der Waals surface area contributed by atoms with Gasteiger partial charge in [0, 0.05) is 13.0 Å². The van der Waals surface area contributed by atoms with Crippen molar-refractivity contribution >= 4 is 5.91 Å². The van der Waals surface area contributed by atoms with Crippen LogP contribution in [0, 0.1) is 0 Å². The van der Waals surface area contributed by atoms with Gasteiger partial charge in [-0.25, -0.2) is 0 Å². The van der Waals surface area contributed by atoms with Crippen LogP contribution in [0.1, 0.15) is 50.3 Å². The highest BCUT2D eigenvalue weighted by Gasteiger charge is 2.14. The van der Waals surface area contributed by atoms with Gasteiger partial charge in [0.1, 0.15) is 0 Å². The molecule has 0 aliphatic heterocycles. The van der Waals surface area contributed by atoms with Crippen molar-refractivity contribution < 1.29 is 4.79 Å². The second kappa shape index (κ2) is 8.75. The fourth-order valence-corrected chi connectivity index (χ4v) is 2.21. The maximum atomic E-state index is 11.7. The first-order chi connectivity index (χ1) is 9.58. The molecule has 1 atom stereocenters. The molecule has 3 heteroatoms. The molecule has 3 nitrogen and oxygen atoms in total. The lowest BCUT2D eigenvalue weighted by molar-refractivity contribution is -0.121. The zero-order valence-corrected chi connectivity index (χ0v) is 13.3. The van der Waals surface area contributed by atoms with Crippen LogP contribution < -0.4 is 5.32 Å². The molecular formula is C17H28N2O. The molecule has 20 heavy (non-hydrogen) atoms. The number of hydrogen-bond donors (Lipinski definition) is 1. The molecule has 0 spiro atoms. The molecule has 1 rings (SSSR count). The third-order valence-electron chi connectivity index (χ3n) is 3.65. The fourth-order valence-electron chi connectivity index (χ4n) is 2.21. The lowest BCUT2D eigenvalue weighted by atomic mass is 10.0. The number of benzene rings is 1. The Bertz CT molecular complexity index is 398. The SMILES string of the molecule is CCCCC(=O)NCC(c1ccc(CC)cc1)N(C)C. The number of carbonyl (C=O) groups is 1. The number of aryl methyl sites for hydroxylation is 1. The number of likely N-dealkylation sites (N-methyl/N-ethyl adjacent to an activating group) is 1. The first-order valence-electron chi connectivity index (χ1n) is 7.60. The molecule has 0 saturated carbocycles. The van der Waals surface area contributed by atoms with Crippen LogP contribution in [-0.2, 0) is 11.2 Å². The predicted molar refractivity (Wildman–Crippen MR) is 84.8 cm³/mol. The smallest absolute Gasteiger partial charge is 0.220 e. The Kier molecular flexibility index (Phi) is 7.31. The first kappa shape index (κ1) is 16.7. The molecule has 0 fully saturated rings. The maximum absolute atomic E-state index is 11.7. The van der Waals surface area contributed by atoms with Crippen LogP contribution in [0.3, 0.4) is 0 Å². The Labute approximate surface area is 123 Å². The van der Waals surface area contributed by atoms with E-state index in [1.54, 1.807) is 0 Å². The van der Waals surface area contributed by atoms with Gasteiger partial charge in [-0.1, -0.05) is 44.5 Å². The van der Waals surface area contributed by atoms with Gasteiger partial charge in [-0.05, 0) is 38.1 Å². The van der Waals surface area contributed by atoms with Gasteiger partial charge in [-0.2, -0.15) is 0 Å². The molecule has 1 N–H and O–H groups in total. The van der Waals surface area contributed by atoms with Crippen molar-refractivity contribution in [1.29, 1.82) is 0 Å². The van der Waals surface area contributed by atoms with Crippen LogP contribution in [0.2, 0.25) is 0 Å². The van der Waals surface area contributed by atoms with Crippen LogP contribution in [0.25, 0.3) is 0 Å². The third kappa shape index (κ3) is 5.33. The maximum Gasteiger partial charge on any atom is 0.220 e. The van der Waals surface area contributed by atoms with Gasteiger partial charge >= 0.3 is 0 Å². The van der Waals surface area contributed by atoms with Crippen molar-refractivity contribution in [2.24, 2.45) is 0 Å². The lowest BCUT2D eigenvalue weighted by Crippen LogP contribution is -2.34. The van der Waals surface area contributed by atoms with Gasteiger partial charge in [0.25, 0.3) is 0 Å². The monoisotopic (exact) mass is 276 g/mol. The van der Waals surface area contributed by atoms with Crippen LogP contribution in [0.5, 0.6) is 0 Å². The highest BCUT2D eigenvalue weighted by molar-refractivity contribution is 5.75. The van der Waals surface area contributed by atoms with Crippen molar-refractivity contribution in [3.8, 4) is 0 Å². The Morgan fingerprint density at radius 1 is 1.20 bits per heavy atom. The summed E-state index contributed by atoms with van der Waals surface area (Å²) in [4.78, 5) is 13.9. The topological polar surface area (TPSA) is 32.3 Å². The largest absolute Gasteiger partial charge is 0.354 e. The number of carbonyl (C=O) groups excluding carboxylic acids is 1. The van der Waals surface area contributed by atoms with E-state index < -0.39 is 0 Å². The zero-order valence-electron chi connectivity index (χ0n) is 13.3. The molecule has 1 aromatic carbocycles. The van der Waals surface area contributed by atoms with Crippen LogP contribution in [0.15, 0.2) is 24.3 Å². The molecule has 1 amide bonds. The van der Waals surface area contributed by atoms with Gasteiger partial charge in [-0.3, -0.25) is 4.79 Å². The van der Waals surface area contributed by atoms with E-state index in [4.69, 9.17) is 0 Å². The summed E-state index contributed by atoms with van der Waals surface area (Å²) >= 11 is 0. The van der Waals surface area contributed by atoms with E-state index in [0.717, 1.165) is 19.3 Å². The summed E-state index contributed by atoms with van der Waals surface area (Å²) in [6.07, 6.45) is 3.71. The molecule has 0 radical (unpaired) electrons. The summed E-state index contributed by atoms with van der Waals surface area (Å²) in [5.74, 6) is 0.156. The van der Waals surface area contributed by atoms with E-state index in [1.807, 2.05) is 0 Å². The summed E-state index contributed by atoms with van der Waals surface area (Å²) < 4.78 is 0. The van der Waals surface area contributed by atoms with Gasteiger partial charge in [0.05, 0.1) is 6.04 Å². The Hall–Kier alpha value is -1.35. The lowest BCUT2D eigenvalue weighted by Gasteiger charge is -2.25. The van der Waals surface area contributed by atoms with E-state index in [0.29, 0.717) is 13.0 Å². The Morgan fingerprint density at radius 3 is 2.35 bits per heavy atom. The minimum atomic E-state index is 0.156. The number of rotatable bonds is 8. The average Bonchev–Trinajstić information content (AvgIpc) is 2.45. The summed E-state index contributed by atoms with van der Waals surface area (Å²) in [5.41, 5.74) is 2.60. The van der Waals surface area contributed by atoms with E-state index in [1.165, 1.54) is 11.1 Å². The number of unbranched alkanes of at least 4 members (excludes halogenated alkanes) is 1. The molecule has 112 valence electrons. The first-order valence-corrected chi connectivity index (χ1v) is 7.60. The quantitative estimate of drug-likeness (QED) is 0.791. The minimum absolute atomic E-state index is 0.156. The summed E-state index contributed by atoms with van der Waals surface area (Å²) in [6.45, 7) is 4.93. The van der Waals surface area contributed by atoms with Gasteiger partial charge < -0.3 is 10.2 Å². The predicted octanol–water partition coefficient (Wildman–Crippen LogP) is 3.16. The molecule has 0 saturated heterocycles. The van der Waals surface area contributed by atoms with Crippen molar-refractivity contribution in [2.45, 2.75) is 45.6 Å². The molecule has 0 aliphatic carbocycles. The minimum Gasteiger partial charge on any atom is -0.354 e. The average molecular weight is 276 g/mol. The van der Waals surface area contributed by atoms with Crippen LogP contribution in [0.4, 0.5) is 0 Å². The van der Waals surface area contributed by atoms with E-state index in [9.17, 15) is 4.79 Å².